The predicted octanol–water partition coefficient (Wildman–Crippen LogP) is 1.19. The third-order valence-corrected chi connectivity index (χ3v) is 4.63. The summed E-state index contributed by atoms with van der Waals surface area (Å²) in [5.41, 5.74) is 0. The molecular formula is C14H26N4. The van der Waals surface area contributed by atoms with Crippen molar-refractivity contribution in [1.29, 1.82) is 0 Å². The Morgan fingerprint density at radius 3 is 2.67 bits per heavy atom. The highest BCUT2D eigenvalue weighted by molar-refractivity contribution is 5.80. The van der Waals surface area contributed by atoms with Crippen LogP contribution < -0.4 is 10.6 Å². The summed E-state index contributed by atoms with van der Waals surface area (Å²) in [6, 6.07) is 1.50. The van der Waals surface area contributed by atoms with Gasteiger partial charge in [0.2, 0.25) is 0 Å². The summed E-state index contributed by atoms with van der Waals surface area (Å²) in [7, 11) is 1.88. The zero-order valence-corrected chi connectivity index (χ0v) is 11.5. The van der Waals surface area contributed by atoms with E-state index in [1.807, 2.05) is 7.05 Å². The lowest BCUT2D eigenvalue weighted by atomic mass is 9.85. The Morgan fingerprint density at radius 1 is 1.22 bits per heavy atom. The molecule has 3 fully saturated rings. The molecule has 4 heteroatoms. The maximum Gasteiger partial charge on any atom is 0.191 e. The number of nitrogens with zero attached hydrogens (tertiary/aromatic N) is 2. The highest BCUT2D eigenvalue weighted by Crippen LogP contribution is 2.29. The largest absolute Gasteiger partial charge is 0.356 e. The van der Waals surface area contributed by atoms with Gasteiger partial charge in [-0.25, -0.2) is 0 Å². The topological polar surface area (TPSA) is 39.7 Å². The molecule has 0 amide bonds. The third-order valence-electron chi connectivity index (χ3n) is 4.63. The average molecular weight is 250 g/mol. The van der Waals surface area contributed by atoms with E-state index in [2.05, 4.69) is 20.5 Å². The van der Waals surface area contributed by atoms with Crippen LogP contribution in [0.25, 0.3) is 0 Å². The molecule has 3 rings (SSSR count). The van der Waals surface area contributed by atoms with Crippen molar-refractivity contribution >= 4 is 5.96 Å². The predicted molar refractivity (Wildman–Crippen MR) is 74.8 cm³/mol. The molecule has 2 saturated carbocycles. The molecule has 0 radical (unpaired) electrons. The van der Waals surface area contributed by atoms with Crippen molar-refractivity contribution < 1.29 is 0 Å². The summed E-state index contributed by atoms with van der Waals surface area (Å²) < 4.78 is 0. The van der Waals surface area contributed by atoms with Gasteiger partial charge in [0.15, 0.2) is 5.96 Å². The van der Waals surface area contributed by atoms with Gasteiger partial charge in [-0.3, -0.25) is 9.89 Å². The van der Waals surface area contributed by atoms with Gasteiger partial charge in [0, 0.05) is 38.8 Å². The lowest BCUT2D eigenvalue weighted by Gasteiger charge is -2.27. The van der Waals surface area contributed by atoms with Crippen molar-refractivity contribution in [2.75, 3.05) is 26.7 Å². The number of likely N-dealkylation sites (tertiary alicyclic amines) is 1. The molecule has 3 aliphatic rings. The number of nitrogens with one attached hydrogen (secondary N) is 2. The van der Waals surface area contributed by atoms with Gasteiger partial charge >= 0.3 is 0 Å². The number of guanidine groups is 1. The number of hydrogen-bond acceptors (Lipinski definition) is 2. The van der Waals surface area contributed by atoms with Crippen molar-refractivity contribution in [3.8, 4) is 0 Å². The monoisotopic (exact) mass is 250 g/mol. The van der Waals surface area contributed by atoms with E-state index >= 15 is 0 Å². The smallest absolute Gasteiger partial charge is 0.191 e. The molecule has 1 heterocycles. The van der Waals surface area contributed by atoms with Crippen LogP contribution in [0.15, 0.2) is 4.99 Å². The summed E-state index contributed by atoms with van der Waals surface area (Å²) in [6.07, 6.45) is 8.30. The van der Waals surface area contributed by atoms with E-state index in [4.69, 9.17) is 0 Å². The SMILES string of the molecule is CN=C(NCC1CCC1)NC1CCN(C2CC2)C1. The van der Waals surface area contributed by atoms with E-state index in [9.17, 15) is 0 Å². The Balaban J connectivity index is 1.39. The van der Waals surface area contributed by atoms with Gasteiger partial charge in [-0.2, -0.15) is 0 Å². The molecule has 4 nitrogen and oxygen atoms in total. The van der Waals surface area contributed by atoms with Crippen LogP contribution in [0.3, 0.4) is 0 Å². The van der Waals surface area contributed by atoms with Crippen molar-refractivity contribution in [1.82, 2.24) is 15.5 Å². The lowest BCUT2D eigenvalue weighted by Crippen LogP contribution is -2.46. The molecule has 2 aliphatic carbocycles. The Morgan fingerprint density at radius 2 is 2.06 bits per heavy atom. The van der Waals surface area contributed by atoms with Crippen LogP contribution in [-0.4, -0.2) is 49.6 Å². The summed E-state index contributed by atoms with van der Waals surface area (Å²) >= 11 is 0. The summed E-state index contributed by atoms with van der Waals surface area (Å²) in [5.74, 6) is 1.89. The Kier molecular flexibility index (Phi) is 3.73. The molecule has 0 aromatic heterocycles. The average Bonchev–Trinajstić information content (AvgIpc) is 3.07. The maximum absolute atomic E-state index is 4.34. The van der Waals surface area contributed by atoms with Gasteiger partial charge in [0.05, 0.1) is 0 Å². The fourth-order valence-corrected chi connectivity index (χ4v) is 3.00. The second kappa shape index (κ2) is 5.47. The van der Waals surface area contributed by atoms with Crippen LogP contribution in [0.4, 0.5) is 0 Å². The molecule has 1 aliphatic heterocycles. The number of hydrogen-bond donors (Lipinski definition) is 2. The van der Waals surface area contributed by atoms with Crippen LogP contribution >= 0.6 is 0 Å². The number of aliphatic imine (C=N–C) groups is 1. The molecule has 2 N–H and O–H groups in total. The molecule has 0 bridgehead atoms. The minimum absolute atomic E-state index is 0.596. The zero-order chi connectivity index (χ0) is 12.4. The molecule has 1 atom stereocenters. The van der Waals surface area contributed by atoms with E-state index in [1.165, 1.54) is 51.6 Å². The van der Waals surface area contributed by atoms with Crippen LogP contribution in [0.1, 0.15) is 38.5 Å². The summed E-state index contributed by atoms with van der Waals surface area (Å²) in [6.45, 7) is 3.56. The first-order valence-electron chi connectivity index (χ1n) is 7.56. The Bertz CT molecular complexity index is 307. The first-order valence-corrected chi connectivity index (χ1v) is 7.56. The molecular weight excluding hydrogens is 224 g/mol. The second-order valence-corrected chi connectivity index (χ2v) is 6.11. The van der Waals surface area contributed by atoms with Crippen molar-refractivity contribution in [2.45, 2.75) is 50.6 Å². The van der Waals surface area contributed by atoms with E-state index in [-0.39, 0.29) is 0 Å². The molecule has 0 aromatic carbocycles. The summed E-state index contributed by atoms with van der Waals surface area (Å²) in [5, 5.41) is 7.06. The second-order valence-electron chi connectivity index (χ2n) is 6.11. The fourth-order valence-electron chi connectivity index (χ4n) is 3.00. The molecule has 1 unspecified atom stereocenters. The van der Waals surface area contributed by atoms with Crippen LogP contribution in [0.5, 0.6) is 0 Å². The molecule has 1 saturated heterocycles. The van der Waals surface area contributed by atoms with E-state index in [1.54, 1.807) is 0 Å². The van der Waals surface area contributed by atoms with E-state index in [0.717, 1.165) is 24.5 Å². The highest BCUT2D eigenvalue weighted by atomic mass is 15.3. The zero-order valence-electron chi connectivity index (χ0n) is 11.5. The first kappa shape index (κ1) is 12.3. The van der Waals surface area contributed by atoms with Gasteiger partial charge in [-0.15, -0.1) is 0 Å². The van der Waals surface area contributed by atoms with Crippen LogP contribution in [0, 0.1) is 5.92 Å². The third kappa shape index (κ3) is 2.97. The fraction of sp³-hybridized carbons (Fsp3) is 0.929. The van der Waals surface area contributed by atoms with Crippen molar-refractivity contribution in [3.63, 3.8) is 0 Å². The minimum Gasteiger partial charge on any atom is -0.356 e. The van der Waals surface area contributed by atoms with Gasteiger partial charge in [-0.05, 0) is 38.0 Å². The lowest BCUT2D eigenvalue weighted by molar-refractivity contribution is 0.312. The van der Waals surface area contributed by atoms with Crippen molar-refractivity contribution in [2.24, 2.45) is 10.9 Å². The van der Waals surface area contributed by atoms with Gasteiger partial charge in [-0.1, -0.05) is 6.42 Å². The van der Waals surface area contributed by atoms with E-state index < -0.39 is 0 Å². The highest BCUT2D eigenvalue weighted by Gasteiger charge is 2.34. The molecule has 0 spiro atoms. The molecule has 0 aromatic rings. The standard InChI is InChI=1S/C14H26N4/c1-15-14(16-9-11-3-2-4-11)17-12-7-8-18(10-12)13-5-6-13/h11-13H,2-10H2,1H3,(H2,15,16,17). The van der Waals surface area contributed by atoms with Crippen LogP contribution in [0.2, 0.25) is 0 Å². The minimum atomic E-state index is 0.596. The molecule has 102 valence electrons. The van der Waals surface area contributed by atoms with E-state index in [0.29, 0.717) is 6.04 Å². The van der Waals surface area contributed by atoms with Gasteiger partial charge in [0.25, 0.3) is 0 Å². The van der Waals surface area contributed by atoms with Gasteiger partial charge < -0.3 is 10.6 Å². The maximum atomic E-state index is 4.34. The quantitative estimate of drug-likeness (QED) is 0.581. The normalized spacial score (nSPS) is 30.3. The van der Waals surface area contributed by atoms with Crippen LogP contribution in [-0.2, 0) is 0 Å². The summed E-state index contributed by atoms with van der Waals surface area (Å²) in [4.78, 5) is 6.98. The van der Waals surface area contributed by atoms with Gasteiger partial charge in [0.1, 0.15) is 0 Å². The number of rotatable bonds is 4. The Labute approximate surface area is 110 Å². The molecule has 18 heavy (non-hydrogen) atoms. The Hall–Kier alpha value is -0.770. The van der Waals surface area contributed by atoms with Crippen molar-refractivity contribution in [3.05, 3.63) is 0 Å². The first-order chi connectivity index (χ1) is 8.85.